The summed E-state index contributed by atoms with van der Waals surface area (Å²) in [6.07, 6.45) is 0. The third-order valence-corrected chi connectivity index (χ3v) is 5.23. The molecule has 1 amide bonds. The fourth-order valence-electron chi connectivity index (χ4n) is 2.92. The van der Waals surface area contributed by atoms with Crippen LogP contribution in [0.3, 0.4) is 0 Å². The van der Waals surface area contributed by atoms with Crippen molar-refractivity contribution >= 4 is 34.1 Å². The summed E-state index contributed by atoms with van der Waals surface area (Å²) in [5.74, 6) is 1.49. The van der Waals surface area contributed by atoms with Gasteiger partial charge in [-0.1, -0.05) is 42.1 Å². The maximum Gasteiger partial charge on any atom is 0.277 e. The SMILES string of the molecule is COc1ccc(NC(=O)CSc2nnc(-c3ccc4ccccc4c3)o2)c(OC)c1. The minimum absolute atomic E-state index is 0.120. The highest BCUT2D eigenvalue weighted by Gasteiger charge is 2.13. The van der Waals surface area contributed by atoms with E-state index in [2.05, 4.69) is 15.5 Å². The Bertz CT molecular complexity index is 1190. The van der Waals surface area contributed by atoms with Crippen LogP contribution in [0.25, 0.3) is 22.2 Å². The topological polar surface area (TPSA) is 86.5 Å². The van der Waals surface area contributed by atoms with Crippen LogP contribution in [0, 0.1) is 0 Å². The zero-order valence-electron chi connectivity index (χ0n) is 16.4. The van der Waals surface area contributed by atoms with Gasteiger partial charge in [-0.15, -0.1) is 10.2 Å². The molecule has 152 valence electrons. The van der Waals surface area contributed by atoms with Gasteiger partial charge in [0.25, 0.3) is 5.22 Å². The van der Waals surface area contributed by atoms with Crippen LogP contribution in [0.2, 0.25) is 0 Å². The third-order valence-electron chi connectivity index (χ3n) is 4.41. The summed E-state index contributed by atoms with van der Waals surface area (Å²) in [5, 5.41) is 13.5. The first kappa shape index (κ1) is 19.8. The monoisotopic (exact) mass is 421 g/mol. The average molecular weight is 421 g/mol. The van der Waals surface area contributed by atoms with Crippen LogP contribution in [0.4, 0.5) is 5.69 Å². The van der Waals surface area contributed by atoms with Crippen molar-refractivity contribution in [2.75, 3.05) is 25.3 Å². The van der Waals surface area contributed by atoms with Crippen molar-refractivity contribution in [3.05, 3.63) is 60.7 Å². The van der Waals surface area contributed by atoms with Gasteiger partial charge in [-0.3, -0.25) is 4.79 Å². The largest absolute Gasteiger partial charge is 0.497 e. The molecule has 8 heteroatoms. The number of rotatable bonds is 7. The van der Waals surface area contributed by atoms with Gasteiger partial charge in [0.1, 0.15) is 11.5 Å². The number of benzene rings is 3. The Labute approximate surface area is 177 Å². The van der Waals surface area contributed by atoms with Crippen molar-refractivity contribution < 1.29 is 18.7 Å². The summed E-state index contributed by atoms with van der Waals surface area (Å²) in [6, 6.07) is 19.2. The highest BCUT2D eigenvalue weighted by molar-refractivity contribution is 7.99. The summed E-state index contributed by atoms with van der Waals surface area (Å²) < 4.78 is 16.2. The quantitative estimate of drug-likeness (QED) is 0.435. The van der Waals surface area contributed by atoms with E-state index in [1.807, 2.05) is 42.5 Å². The minimum Gasteiger partial charge on any atom is -0.497 e. The van der Waals surface area contributed by atoms with Crippen molar-refractivity contribution in [3.63, 3.8) is 0 Å². The molecule has 1 N–H and O–H groups in total. The van der Waals surface area contributed by atoms with Gasteiger partial charge in [-0.2, -0.15) is 0 Å². The van der Waals surface area contributed by atoms with Crippen LogP contribution in [0.1, 0.15) is 0 Å². The molecule has 3 aromatic carbocycles. The maximum absolute atomic E-state index is 12.3. The predicted octanol–water partition coefficient (Wildman–Crippen LogP) is 4.64. The number of nitrogens with zero attached hydrogens (tertiary/aromatic N) is 2. The number of amides is 1. The van der Waals surface area contributed by atoms with Gasteiger partial charge in [0.15, 0.2) is 0 Å². The second kappa shape index (κ2) is 8.87. The first-order valence-corrected chi connectivity index (χ1v) is 10.1. The molecule has 7 nitrogen and oxygen atoms in total. The zero-order valence-corrected chi connectivity index (χ0v) is 17.2. The number of fused-ring (bicyclic) bond motifs is 1. The van der Waals surface area contributed by atoms with E-state index >= 15 is 0 Å². The summed E-state index contributed by atoms with van der Waals surface area (Å²) >= 11 is 1.17. The van der Waals surface area contributed by atoms with Crippen LogP contribution in [0.15, 0.2) is 70.3 Å². The number of methoxy groups -OCH3 is 2. The Kier molecular flexibility index (Phi) is 5.85. The lowest BCUT2D eigenvalue weighted by atomic mass is 10.1. The molecular weight excluding hydrogens is 402 g/mol. The molecule has 0 saturated heterocycles. The van der Waals surface area contributed by atoms with Gasteiger partial charge in [0, 0.05) is 11.6 Å². The molecule has 0 aliphatic carbocycles. The van der Waals surface area contributed by atoms with Gasteiger partial charge < -0.3 is 19.2 Å². The molecule has 4 aromatic rings. The molecule has 30 heavy (non-hydrogen) atoms. The number of thioether (sulfide) groups is 1. The van der Waals surface area contributed by atoms with Crippen molar-refractivity contribution in [3.8, 4) is 23.0 Å². The molecule has 1 aromatic heterocycles. The van der Waals surface area contributed by atoms with Crippen molar-refractivity contribution in [1.29, 1.82) is 0 Å². The van der Waals surface area contributed by atoms with Gasteiger partial charge in [0.05, 0.1) is 25.7 Å². The number of carbonyl (C=O) groups excluding carboxylic acids is 1. The Morgan fingerprint density at radius 1 is 1.00 bits per heavy atom. The first-order chi connectivity index (χ1) is 14.7. The Morgan fingerprint density at radius 3 is 2.63 bits per heavy atom. The molecule has 0 bridgehead atoms. The summed E-state index contributed by atoms with van der Waals surface area (Å²) in [6.45, 7) is 0. The molecule has 0 unspecified atom stereocenters. The standard InChI is InChI=1S/C22H19N3O4S/c1-27-17-9-10-18(19(12-17)28-2)23-20(26)13-30-22-25-24-21(29-22)16-8-7-14-5-3-4-6-15(14)11-16/h3-12H,13H2,1-2H3,(H,23,26). The number of anilines is 1. The molecule has 4 rings (SSSR count). The Hall–Kier alpha value is -3.52. The summed E-state index contributed by atoms with van der Waals surface area (Å²) in [4.78, 5) is 12.3. The first-order valence-electron chi connectivity index (χ1n) is 9.13. The third kappa shape index (κ3) is 4.38. The number of nitrogens with one attached hydrogen (secondary N) is 1. The van der Waals surface area contributed by atoms with E-state index in [0.717, 1.165) is 16.3 Å². The smallest absolute Gasteiger partial charge is 0.277 e. The van der Waals surface area contributed by atoms with E-state index in [1.165, 1.54) is 18.9 Å². The van der Waals surface area contributed by atoms with Gasteiger partial charge in [0.2, 0.25) is 11.8 Å². The molecule has 0 atom stereocenters. The van der Waals surface area contributed by atoms with Gasteiger partial charge >= 0.3 is 0 Å². The van der Waals surface area contributed by atoms with Gasteiger partial charge in [-0.05, 0) is 35.0 Å². The lowest BCUT2D eigenvalue weighted by Crippen LogP contribution is -2.14. The summed E-state index contributed by atoms with van der Waals surface area (Å²) in [5.41, 5.74) is 1.40. The molecule has 0 saturated carbocycles. The molecule has 0 aliphatic rings. The lowest BCUT2D eigenvalue weighted by Gasteiger charge is -2.11. The number of hydrogen-bond acceptors (Lipinski definition) is 7. The molecule has 0 aliphatic heterocycles. The molecular formula is C22H19N3O4S. The second-order valence-electron chi connectivity index (χ2n) is 6.34. The molecule has 0 fully saturated rings. The van der Waals surface area contributed by atoms with Crippen LogP contribution in [0.5, 0.6) is 11.5 Å². The number of ether oxygens (including phenoxy) is 2. The average Bonchev–Trinajstić information content (AvgIpc) is 3.27. The number of aromatic nitrogens is 2. The minimum atomic E-state index is -0.214. The normalized spacial score (nSPS) is 10.7. The van der Waals surface area contributed by atoms with E-state index in [1.54, 1.807) is 25.3 Å². The van der Waals surface area contributed by atoms with Crippen LogP contribution >= 0.6 is 11.8 Å². The second-order valence-corrected chi connectivity index (χ2v) is 7.26. The number of carbonyl (C=O) groups is 1. The molecule has 0 radical (unpaired) electrons. The maximum atomic E-state index is 12.3. The predicted molar refractivity (Wildman–Crippen MR) is 116 cm³/mol. The highest BCUT2D eigenvalue weighted by atomic mass is 32.2. The fraction of sp³-hybridized carbons (Fsp3) is 0.136. The fourth-order valence-corrected chi connectivity index (χ4v) is 3.49. The Balaban J connectivity index is 1.40. The van der Waals surface area contributed by atoms with E-state index in [0.29, 0.717) is 28.3 Å². The van der Waals surface area contributed by atoms with Crippen molar-refractivity contribution in [2.45, 2.75) is 5.22 Å². The van der Waals surface area contributed by atoms with Crippen molar-refractivity contribution in [2.24, 2.45) is 0 Å². The van der Waals surface area contributed by atoms with Crippen molar-refractivity contribution in [1.82, 2.24) is 10.2 Å². The van der Waals surface area contributed by atoms with E-state index in [-0.39, 0.29) is 11.7 Å². The number of hydrogen-bond donors (Lipinski definition) is 1. The Morgan fingerprint density at radius 2 is 1.83 bits per heavy atom. The van der Waals surface area contributed by atoms with E-state index < -0.39 is 0 Å². The molecule has 1 heterocycles. The van der Waals surface area contributed by atoms with E-state index in [4.69, 9.17) is 13.9 Å². The van der Waals surface area contributed by atoms with Crippen LogP contribution < -0.4 is 14.8 Å². The summed E-state index contributed by atoms with van der Waals surface area (Å²) in [7, 11) is 3.10. The lowest BCUT2D eigenvalue weighted by molar-refractivity contribution is -0.113. The van der Waals surface area contributed by atoms with Crippen LogP contribution in [-0.4, -0.2) is 36.1 Å². The highest BCUT2D eigenvalue weighted by Crippen LogP contribution is 2.30. The zero-order chi connectivity index (χ0) is 20.9. The van der Waals surface area contributed by atoms with Gasteiger partial charge in [-0.25, -0.2) is 0 Å². The molecule has 0 spiro atoms. The van der Waals surface area contributed by atoms with E-state index in [9.17, 15) is 4.79 Å². The van der Waals surface area contributed by atoms with Crippen LogP contribution in [-0.2, 0) is 4.79 Å².